The first-order chi connectivity index (χ1) is 9.93. The van der Waals surface area contributed by atoms with E-state index in [1.807, 2.05) is 12.1 Å². The van der Waals surface area contributed by atoms with Gasteiger partial charge in [-0.2, -0.15) is 0 Å². The van der Waals surface area contributed by atoms with Crippen molar-refractivity contribution in [1.29, 1.82) is 0 Å². The molecule has 0 spiro atoms. The van der Waals surface area contributed by atoms with Crippen molar-refractivity contribution in [3.63, 3.8) is 0 Å². The molecule has 0 aliphatic heterocycles. The van der Waals surface area contributed by atoms with Crippen LogP contribution in [0.25, 0.3) is 0 Å². The summed E-state index contributed by atoms with van der Waals surface area (Å²) in [5.74, 6) is 1.41. The van der Waals surface area contributed by atoms with Gasteiger partial charge >= 0.3 is 0 Å². The van der Waals surface area contributed by atoms with Gasteiger partial charge in [-0.15, -0.1) is 0 Å². The van der Waals surface area contributed by atoms with Gasteiger partial charge in [0, 0.05) is 17.6 Å². The highest BCUT2D eigenvalue weighted by molar-refractivity contribution is 6.31. The molecule has 0 bridgehead atoms. The molecule has 1 rings (SSSR count). The van der Waals surface area contributed by atoms with Gasteiger partial charge < -0.3 is 14.8 Å². The molecule has 0 amide bonds. The molecule has 4 heteroatoms. The molecule has 0 saturated heterocycles. The Bertz CT molecular complexity index is 447. The molecule has 1 N–H and O–H groups in total. The summed E-state index contributed by atoms with van der Waals surface area (Å²) in [7, 11) is 3.27. The van der Waals surface area contributed by atoms with E-state index in [0.717, 1.165) is 48.7 Å². The average molecular weight is 314 g/mol. The second-order valence-corrected chi connectivity index (χ2v) is 6.55. The molecule has 0 heterocycles. The number of methoxy groups -OCH3 is 2. The SMILES string of the molecule is CCCNCC(C)(C)CCc1cc(OC)c(OC)cc1Cl. The summed E-state index contributed by atoms with van der Waals surface area (Å²) >= 11 is 6.34. The normalized spacial score (nSPS) is 11.5. The van der Waals surface area contributed by atoms with Crippen LogP contribution in [-0.2, 0) is 6.42 Å². The van der Waals surface area contributed by atoms with Gasteiger partial charge in [0.05, 0.1) is 14.2 Å². The highest BCUT2D eigenvalue weighted by atomic mass is 35.5. The molecule has 0 aromatic heterocycles. The maximum atomic E-state index is 6.34. The van der Waals surface area contributed by atoms with Gasteiger partial charge in [0.15, 0.2) is 11.5 Å². The molecule has 21 heavy (non-hydrogen) atoms. The van der Waals surface area contributed by atoms with E-state index >= 15 is 0 Å². The van der Waals surface area contributed by atoms with Crippen LogP contribution in [0.2, 0.25) is 5.02 Å². The molecule has 120 valence electrons. The Morgan fingerprint density at radius 2 is 1.76 bits per heavy atom. The standard InChI is InChI=1S/C17H28ClNO2/c1-6-9-19-12-17(2,3)8-7-13-10-15(20-4)16(21-5)11-14(13)18/h10-11,19H,6-9,12H2,1-5H3. The van der Waals surface area contributed by atoms with Gasteiger partial charge in [-0.25, -0.2) is 0 Å². The molecule has 1 aromatic carbocycles. The molecule has 3 nitrogen and oxygen atoms in total. The zero-order chi connectivity index (χ0) is 15.9. The Morgan fingerprint density at radius 3 is 2.33 bits per heavy atom. The molecular weight excluding hydrogens is 286 g/mol. The van der Waals surface area contributed by atoms with Gasteiger partial charge in [-0.3, -0.25) is 0 Å². The number of nitrogens with one attached hydrogen (secondary N) is 1. The van der Waals surface area contributed by atoms with Crippen molar-refractivity contribution in [3.05, 3.63) is 22.7 Å². The number of hydrogen-bond acceptors (Lipinski definition) is 3. The predicted molar refractivity (Wildman–Crippen MR) is 89.8 cm³/mol. The van der Waals surface area contributed by atoms with Crippen LogP contribution < -0.4 is 14.8 Å². The number of hydrogen-bond donors (Lipinski definition) is 1. The summed E-state index contributed by atoms with van der Waals surface area (Å²) < 4.78 is 10.6. The van der Waals surface area contributed by atoms with Crippen LogP contribution in [-0.4, -0.2) is 27.3 Å². The van der Waals surface area contributed by atoms with Crippen molar-refractivity contribution < 1.29 is 9.47 Å². The lowest BCUT2D eigenvalue weighted by Crippen LogP contribution is -2.30. The van der Waals surface area contributed by atoms with Crippen molar-refractivity contribution >= 4 is 11.6 Å². The summed E-state index contributed by atoms with van der Waals surface area (Å²) in [6, 6.07) is 3.81. The van der Waals surface area contributed by atoms with Crippen LogP contribution >= 0.6 is 11.6 Å². The van der Waals surface area contributed by atoms with Crippen LogP contribution in [0.1, 0.15) is 39.2 Å². The third-order valence-corrected chi connectivity index (χ3v) is 4.01. The quantitative estimate of drug-likeness (QED) is 0.689. The second-order valence-electron chi connectivity index (χ2n) is 6.14. The summed E-state index contributed by atoms with van der Waals surface area (Å²) in [5, 5.41) is 4.23. The first-order valence-electron chi connectivity index (χ1n) is 7.54. The van der Waals surface area contributed by atoms with Crippen LogP contribution in [0, 0.1) is 5.41 Å². The van der Waals surface area contributed by atoms with Crippen molar-refractivity contribution in [2.45, 2.75) is 40.0 Å². The third kappa shape index (κ3) is 5.76. The lowest BCUT2D eigenvalue weighted by atomic mass is 9.86. The maximum absolute atomic E-state index is 6.34. The summed E-state index contributed by atoms with van der Waals surface area (Å²) in [6.07, 6.45) is 3.16. The third-order valence-electron chi connectivity index (χ3n) is 3.65. The van der Waals surface area contributed by atoms with Crippen LogP contribution in [0.15, 0.2) is 12.1 Å². The smallest absolute Gasteiger partial charge is 0.162 e. The van der Waals surface area contributed by atoms with E-state index in [4.69, 9.17) is 21.1 Å². The van der Waals surface area contributed by atoms with Gasteiger partial charge in [0.25, 0.3) is 0 Å². The van der Waals surface area contributed by atoms with Crippen molar-refractivity contribution in [3.8, 4) is 11.5 Å². The molecular formula is C17H28ClNO2. The summed E-state index contributed by atoms with van der Waals surface area (Å²) in [6.45, 7) is 8.84. The van der Waals surface area contributed by atoms with Crippen molar-refractivity contribution in [2.75, 3.05) is 27.3 Å². The van der Waals surface area contributed by atoms with Gasteiger partial charge in [-0.05, 0) is 42.9 Å². The van der Waals surface area contributed by atoms with Crippen LogP contribution in [0.5, 0.6) is 11.5 Å². The molecule has 1 aromatic rings. The first-order valence-corrected chi connectivity index (χ1v) is 7.92. The fourth-order valence-corrected chi connectivity index (χ4v) is 2.50. The highest BCUT2D eigenvalue weighted by Gasteiger charge is 2.18. The zero-order valence-electron chi connectivity index (χ0n) is 13.9. The van der Waals surface area contributed by atoms with E-state index in [2.05, 4.69) is 26.1 Å². The largest absolute Gasteiger partial charge is 0.493 e. The fourth-order valence-electron chi connectivity index (χ4n) is 2.25. The van der Waals surface area contributed by atoms with E-state index in [9.17, 15) is 0 Å². The van der Waals surface area contributed by atoms with Crippen molar-refractivity contribution in [2.24, 2.45) is 5.41 Å². The molecule has 0 atom stereocenters. The van der Waals surface area contributed by atoms with E-state index in [-0.39, 0.29) is 5.41 Å². The minimum absolute atomic E-state index is 0.242. The average Bonchev–Trinajstić information content (AvgIpc) is 2.45. The summed E-state index contributed by atoms with van der Waals surface area (Å²) in [5.41, 5.74) is 1.35. The van der Waals surface area contributed by atoms with E-state index in [0.29, 0.717) is 5.75 Å². The van der Waals surface area contributed by atoms with Crippen LogP contribution in [0.4, 0.5) is 0 Å². The molecule has 0 unspecified atom stereocenters. The van der Waals surface area contributed by atoms with E-state index in [1.165, 1.54) is 0 Å². The lowest BCUT2D eigenvalue weighted by molar-refractivity contribution is 0.314. The monoisotopic (exact) mass is 313 g/mol. The topological polar surface area (TPSA) is 30.5 Å². The van der Waals surface area contributed by atoms with Gasteiger partial charge in [0.2, 0.25) is 0 Å². The Balaban J connectivity index is 2.70. The number of rotatable bonds is 9. The molecule has 0 aliphatic carbocycles. The van der Waals surface area contributed by atoms with E-state index < -0.39 is 0 Å². The van der Waals surface area contributed by atoms with Gasteiger partial charge in [0.1, 0.15) is 0 Å². The fraction of sp³-hybridized carbons (Fsp3) is 0.647. The zero-order valence-corrected chi connectivity index (χ0v) is 14.6. The Kier molecular flexibility index (Phi) is 7.33. The van der Waals surface area contributed by atoms with E-state index in [1.54, 1.807) is 14.2 Å². The molecule has 0 aliphatic rings. The second kappa shape index (κ2) is 8.50. The Morgan fingerprint density at radius 1 is 1.14 bits per heavy atom. The number of halogens is 1. The summed E-state index contributed by atoms with van der Waals surface area (Å²) in [4.78, 5) is 0. The number of ether oxygens (including phenoxy) is 2. The number of benzene rings is 1. The Labute approximate surface area is 134 Å². The lowest BCUT2D eigenvalue weighted by Gasteiger charge is -2.25. The minimum atomic E-state index is 0.242. The van der Waals surface area contributed by atoms with Gasteiger partial charge in [-0.1, -0.05) is 32.4 Å². The molecule has 0 fully saturated rings. The Hall–Kier alpha value is -0.930. The van der Waals surface area contributed by atoms with Crippen molar-refractivity contribution in [1.82, 2.24) is 5.32 Å². The molecule has 0 radical (unpaired) electrons. The predicted octanol–water partition coefficient (Wildman–Crippen LogP) is 4.32. The number of aryl methyl sites for hydroxylation is 1. The molecule has 0 saturated carbocycles. The maximum Gasteiger partial charge on any atom is 0.162 e. The highest BCUT2D eigenvalue weighted by Crippen LogP contribution is 2.34. The minimum Gasteiger partial charge on any atom is -0.493 e. The van der Waals surface area contributed by atoms with Crippen LogP contribution in [0.3, 0.4) is 0 Å². The first kappa shape index (κ1) is 18.1.